The third-order valence-corrected chi connectivity index (χ3v) is 5.29. The van der Waals surface area contributed by atoms with E-state index in [0.717, 1.165) is 10.1 Å². The van der Waals surface area contributed by atoms with E-state index < -0.39 is 5.97 Å². The molecule has 0 spiro atoms. The summed E-state index contributed by atoms with van der Waals surface area (Å²) in [4.78, 5) is 12.7. The molecule has 0 aliphatic heterocycles. The number of methoxy groups -OCH3 is 1. The summed E-state index contributed by atoms with van der Waals surface area (Å²) in [5.41, 5.74) is 0. The van der Waals surface area contributed by atoms with Crippen LogP contribution in [-0.4, -0.2) is 13.1 Å². The van der Waals surface area contributed by atoms with Crippen molar-refractivity contribution in [2.24, 2.45) is 0 Å². The van der Waals surface area contributed by atoms with Gasteiger partial charge in [-0.05, 0) is 36.4 Å². The van der Waals surface area contributed by atoms with Crippen LogP contribution in [0, 0.1) is 0 Å². The molecule has 1 aromatic heterocycles. The Morgan fingerprint density at radius 1 is 1.09 bits per heavy atom. The Kier molecular flexibility index (Phi) is 4.69. The summed E-state index contributed by atoms with van der Waals surface area (Å²) in [6.45, 7) is 0. The zero-order valence-electron chi connectivity index (χ0n) is 11.7. The summed E-state index contributed by atoms with van der Waals surface area (Å²) < 4.78 is 11.3. The van der Waals surface area contributed by atoms with Gasteiger partial charge in [-0.25, -0.2) is 4.79 Å². The van der Waals surface area contributed by atoms with E-state index >= 15 is 0 Å². The normalized spacial score (nSPS) is 10.8. The van der Waals surface area contributed by atoms with Gasteiger partial charge >= 0.3 is 5.97 Å². The van der Waals surface area contributed by atoms with Crippen LogP contribution in [-0.2, 0) is 0 Å². The smallest absolute Gasteiger partial charge is 0.355 e. The maximum Gasteiger partial charge on any atom is 0.355 e. The van der Waals surface area contributed by atoms with Gasteiger partial charge in [0.1, 0.15) is 16.4 Å². The van der Waals surface area contributed by atoms with Crippen molar-refractivity contribution in [2.75, 3.05) is 7.11 Å². The van der Waals surface area contributed by atoms with Crippen molar-refractivity contribution in [1.29, 1.82) is 0 Å². The summed E-state index contributed by atoms with van der Waals surface area (Å²) in [6.07, 6.45) is 0. The Morgan fingerprint density at radius 3 is 2.57 bits per heavy atom. The summed E-state index contributed by atoms with van der Waals surface area (Å²) in [5, 5.41) is 1.83. The molecule has 23 heavy (non-hydrogen) atoms. The highest BCUT2D eigenvalue weighted by Gasteiger charge is 2.20. The third kappa shape index (κ3) is 3.26. The van der Waals surface area contributed by atoms with Gasteiger partial charge < -0.3 is 9.47 Å². The molecule has 0 amide bonds. The highest BCUT2D eigenvalue weighted by molar-refractivity contribution is 7.21. The fraction of sp³-hybridized carbons (Fsp3) is 0.0625. The van der Waals surface area contributed by atoms with Crippen molar-refractivity contribution in [2.45, 2.75) is 0 Å². The molecule has 0 unspecified atom stereocenters. The predicted molar refractivity (Wildman–Crippen MR) is 94.8 cm³/mol. The molecule has 118 valence electrons. The molecule has 2 aromatic carbocycles. The molecular formula is C16H9Cl3O3S. The van der Waals surface area contributed by atoms with E-state index in [2.05, 4.69) is 0 Å². The van der Waals surface area contributed by atoms with Gasteiger partial charge in [-0.2, -0.15) is 0 Å². The minimum Gasteiger partial charge on any atom is -0.497 e. The largest absolute Gasteiger partial charge is 0.497 e. The highest BCUT2D eigenvalue weighted by Crippen LogP contribution is 2.38. The standard InChI is InChI=1S/C16H9Cl3O3S/c1-21-9-3-4-10-13(7-9)23-15(14(10)19)16(20)22-12-5-2-8(17)6-11(12)18/h2-7H,1H3. The number of hydrogen-bond donors (Lipinski definition) is 0. The number of rotatable bonds is 3. The molecule has 0 aliphatic rings. The van der Waals surface area contributed by atoms with E-state index in [1.54, 1.807) is 25.3 Å². The van der Waals surface area contributed by atoms with Crippen LogP contribution in [0.5, 0.6) is 11.5 Å². The summed E-state index contributed by atoms with van der Waals surface area (Å²) in [7, 11) is 1.58. The molecule has 3 nitrogen and oxygen atoms in total. The van der Waals surface area contributed by atoms with Crippen LogP contribution >= 0.6 is 46.1 Å². The van der Waals surface area contributed by atoms with Crippen LogP contribution in [0.1, 0.15) is 9.67 Å². The maximum atomic E-state index is 12.4. The number of fused-ring (bicyclic) bond motifs is 1. The van der Waals surface area contributed by atoms with E-state index in [1.165, 1.54) is 23.5 Å². The van der Waals surface area contributed by atoms with E-state index in [9.17, 15) is 4.79 Å². The molecule has 3 aromatic rings. The number of esters is 1. The van der Waals surface area contributed by atoms with E-state index in [4.69, 9.17) is 44.3 Å². The predicted octanol–water partition coefficient (Wildman–Crippen LogP) is 6.09. The zero-order valence-corrected chi connectivity index (χ0v) is 14.8. The topological polar surface area (TPSA) is 35.5 Å². The zero-order chi connectivity index (χ0) is 16.6. The lowest BCUT2D eigenvalue weighted by molar-refractivity contribution is 0.0740. The fourth-order valence-corrected chi connectivity index (χ4v) is 3.87. The number of benzene rings is 2. The van der Waals surface area contributed by atoms with E-state index in [-0.39, 0.29) is 10.8 Å². The molecule has 0 saturated heterocycles. The van der Waals surface area contributed by atoms with Gasteiger partial charge in [0.2, 0.25) is 0 Å². The van der Waals surface area contributed by atoms with Gasteiger partial charge in [-0.15, -0.1) is 11.3 Å². The number of thiophene rings is 1. The van der Waals surface area contributed by atoms with Crippen molar-refractivity contribution >= 4 is 62.2 Å². The Bertz CT molecular complexity index is 905. The molecule has 3 rings (SSSR count). The minimum absolute atomic E-state index is 0.229. The van der Waals surface area contributed by atoms with Crippen molar-refractivity contribution in [3.8, 4) is 11.5 Å². The van der Waals surface area contributed by atoms with Gasteiger partial charge in [-0.3, -0.25) is 0 Å². The van der Waals surface area contributed by atoms with Crippen LogP contribution in [0.3, 0.4) is 0 Å². The first-order chi connectivity index (χ1) is 11.0. The molecule has 0 bridgehead atoms. The molecule has 0 atom stereocenters. The molecule has 7 heteroatoms. The van der Waals surface area contributed by atoms with Crippen molar-refractivity contribution in [1.82, 2.24) is 0 Å². The van der Waals surface area contributed by atoms with Gasteiger partial charge in [-0.1, -0.05) is 34.8 Å². The summed E-state index contributed by atoms with van der Waals surface area (Å²) in [6, 6.07) is 10.0. The van der Waals surface area contributed by atoms with Crippen molar-refractivity contribution < 1.29 is 14.3 Å². The SMILES string of the molecule is COc1ccc2c(Cl)c(C(=O)Oc3ccc(Cl)cc3Cl)sc2c1. The van der Waals surface area contributed by atoms with Crippen LogP contribution in [0.4, 0.5) is 0 Å². The third-order valence-electron chi connectivity index (χ3n) is 3.12. The molecule has 0 aliphatic carbocycles. The summed E-state index contributed by atoms with van der Waals surface area (Å²) >= 11 is 19.4. The van der Waals surface area contributed by atoms with Crippen LogP contribution in [0.25, 0.3) is 10.1 Å². The number of carbonyl (C=O) groups is 1. The lowest BCUT2D eigenvalue weighted by Gasteiger charge is -2.05. The van der Waals surface area contributed by atoms with E-state index in [1.807, 2.05) is 6.07 Å². The maximum absolute atomic E-state index is 12.4. The quantitative estimate of drug-likeness (QED) is 0.403. The van der Waals surface area contributed by atoms with Crippen LogP contribution in [0.15, 0.2) is 36.4 Å². The van der Waals surface area contributed by atoms with Crippen molar-refractivity contribution in [3.05, 3.63) is 56.3 Å². The first kappa shape index (κ1) is 16.4. The highest BCUT2D eigenvalue weighted by atomic mass is 35.5. The Labute approximate surface area is 151 Å². The monoisotopic (exact) mass is 386 g/mol. The van der Waals surface area contributed by atoms with Gasteiger partial charge in [0.15, 0.2) is 0 Å². The Morgan fingerprint density at radius 2 is 1.87 bits per heavy atom. The molecule has 0 radical (unpaired) electrons. The Balaban J connectivity index is 1.95. The van der Waals surface area contributed by atoms with Crippen LogP contribution in [0.2, 0.25) is 15.1 Å². The molecule has 0 saturated carbocycles. The number of hydrogen-bond acceptors (Lipinski definition) is 4. The minimum atomic E-state index is -0.570. The molecular weight excluding hydrogens is 379 g/mol. The van der Waals surface area contributed by atoms with Gasteiger partial charge in [0, 0.05) is 15.1 Å². The lowest BCUT2D eigenvalue weighted by Crippen LogP contribution is -2.07. The van der Waals surface area contributed by atoms with Crippen molar-refractivity contribution in [3.63, 3.8) is 0 Å². The lowest BCUT2D eigenvalue weighted by atomic mass is 10.2. The second-order valence-electron chi connectivity index (χ2n) is 4.57. The fourth-order valence-electron chi connectivity index (χ4n) is 2.01. The van der Waals surface area contributed by atoms with E-state index in [0.29, 0.717) is 20.7 Å². The second kappa shape index (κ2) is 6.57. The first-order valence-corrected chi connectivity index (χ1v) is 8.38. The average Bonchev–Trinajstić information content (AvgIpc) is 2.86. The summed E-state index contributed by atoms with van der Waals surface area (Å²) in [5.74, 6) is 0.350. The van der Waals surface area contributed by atoms with Gasteiger partial charge in [0.25, 0.3) is 0 Å². The molecule has 0 N–H and O–H groups in total. The number of carbonyl (C=O) groups excluding carboxylic acids is 1. The van der Waals surface area contributed by atoms with Gasteiger partial charge in [0.05, 0.1) is 17.2 Å². The second-order valence-corrected chi connectivity index (χ2v) is 6.85. The Hall–Kier alpha value is -1.46. The number of ether oxygens (including phenoxy) is 2. The average molecular weight is 388 g/mol. The molecule has 1 heterocycles. The first-order valence-electron chi connectivity index (χ1n) is 6.43. The number of halogens is 3. The van der Waals surface area contributed by atoms with Crippen LogP contribution < -0.4 is 9.47 Å². The molecule has 0 fully saturated rings.